The molecule has 0 saturated carbocycles. The minimum atomic E-state index is -1.72. The van der Waals surface area contributed by atoms with Crippen molar-refractivity contribution >= 4 is 59.2 Å². The van der Waals surface area contributed by atoms with Crippen LogP contribution >= 0.6 is 0 Å². The first-order valence-electron chi connectivity index (χ1n) is 27.0. The minimum absolute atomic E-state index is 0.0458. The van der Waals surface area contributed by atoms with Crippen LogP contribution in [0.5, 0.6) is 0 Å². The Hall–Kier alpha value is -5.30. The lowest BCUT2D eigenvalue weighted by molar-refractivity contribution is -0.156. The molecule has 0 aromatic carbocycles. The van der Waals surface area contributed by atoms with Gasteiger partial charge in [-0.25, -0.2) is 4.79 Å². The molecule has 1 rings (SSSR count). The first kappa shape index (κ1) is 65.7. The van der Waals surface area contributed by atoms with Crippen molar-refractivity contribution in [1.29, 1.82) is 0 Å². The Bertz CT molecular complexity index is 1810. The Morgan fingerprint density at radius 2 is 0.986 bits per heavy atom. The molecule has 0 aromatic heterocycles. The monoisotopic (exact) mass is 1030 g/mol. The normalized spacial score (nSPS) is 24.8. The number of carboxylic acid groups (broad SMARTS) is 1. The van der Waals surface area contributed by atoms with Gasteiger partial charge in [0.15, 0.2) is 0 Å². The van der Waals surface area contributed by atoms with Crippen LogP contribution in [0, 0.1) is 35.5 Å². The van der Waals surface area contributed by atoms with Crippen molar-refractivity contribution in [3.8, 4) is 0 Å². The van der Waals surface area contributed by atoms with Crippen molar-refractivity contribution < 1.29 is 57.8 Å². The minimum Gasteiger partial charge on any atom is -0.481 e. The van der Waals surface area contributed by atoms with Gasteiger partial charge < -0.3 is 52.8 Å². The van der Waals surface area contributed by atoms with Crippen molar-refractivity contribution in [3.63, 3.8) is 0 Å². The topological polar surface area (TPSA) is 310 Å². The van der Waals surface area contributed by atoms with Crippen LogP contribution < -0.4 is 43.0 Å². The van der Waals surface area contributed by atoms with Crippen LogP contribution in [0.25, 0.3) is 0 Å². The smallest absolute Gasteiger partial charge is 0.329 e. The van der Waals surface area contributed by atoms with Gasteiger partial charge in [-0.1, -0.05) is 134 Å². The Kier molecular flexibility index (Phi) is 30.8. The van der Waals surface area contributed by atoms with Gasteiger partial charge in [0.25, 0.3) is 0 Å². The number of ether oxygens (including phenoxy) is 1. The van der Waals surface area contributed by atoms with Gasteiger partial charge in [0.1, 0.15) is 48.4 Å². The summed E-state index contributed by atoms with van der Waals surface area (Å²) in [6.45, 7) is 22.0. The number of rotatable bonds is 24. The van der Waals surface area contributed by atoms with E-state index in [-0.39, 0.29) is 56.3 Å². The summed E-state index contributed by atoms with van der Waals surface area (Å²) >= 11 is 0. The van der Waals surface area contributed by atoms with E-state index in [0.717, 1.165) is 44.9 Å². The highest BCUT2D eigenvalue weighted by atomic mass is 16.5. The number of nitrogens with one attached hydrogen (secondary N) is 7. The number of carbonyl (C=O) groups is 10. The number of unbranched alkanes of at least 4 members (excludes halogenated alkanes) is 5. The second-order valence-electron chi connectivity index (χ2n) is 21.9. The summed E-state index contributed by atoms with van der Waals surface area (Å²) in [6.07, 6.45) is 5.82. The number of hydrogen-bond acceptors (Lipinski definition) is 11. The number of nitrogens with two attached hydrogens (primary N) is 1. The molecule has 1 aliphatic heterocycles. The molecule has 20 nitrogen and oxygen atoms in total. The van der Waals surface area contributed by atoms with Gasteiger partial charge in [-0.3, -0.25) is 43.2 Å². The van der Waals surface area contributed by atoms with Crippen LogP contribution in [-0.2, 0) is 52.7 Å². The van der Waals surface area contributed by atoms with Crippen molar-refractivity contribution in [2.45, 2.75) is 241 Å². The fourth-order valence-corrected chi connectivity index (χ4v) is 8.51. The third-order valence-electron chi connectivity index (χ3n) is 13.2. The van der Waals surface area contributed by atoms with E-state index in [1.54, 1.807) is 34.6 Å². The maximum Gasteiger partial charge on any atom is 0.329 e. The summed E-state index contributed by atoms with van der Waals surface area (Å²) in [7, 11) is 0. The molecule has 0 aliphatic carbocycles. The molecule has 10 N–H and O–H groups in total. The molecule has 1 saturated heterocycles. The molecule has 20 heteroatoms. The highest BCUT2D eigenvalue weighted by molar-refractivity contribution is 5.98. The maximum absolute atomic E-state index is 14.3. The zero-order valence-corrected chi connectivity index (χ0v) is 46.1. The average Bonchev–Trinajstić information content (AvgIpc) is 3.29. The Balaban J connectivity index is 3.97. The first-order chi connectivity index (χ1) is 34.2. The number of carboxylic acids is 1. The van der Waals surface area contributed by atoms with E-state index in [9.17, 15) is 53.1 Å². The molecule has 8 amide bonds. The van der Waals surface area contributed by atoms with E-state index in [1.165, 1.54) is 0 Å². The second-order valence-corrected chi connectivity index (χ2v) is 21.9. The first-order valence-corrected chi connectivity index (χ1v) is 27.0. The van der Waals surface area contributed by atoms with E-state index in [2.05, 4.69) is 51.1 Å². The van der Waals surface area contributed by atoms with Crippen LogP contribution in [0.15, 0.2) is 0 Å². The lowest BCUT2D eigenvalue weighted by Crippen LogP contribution is -2.61. The van der Waals surface area contributed by atoms with Crippen molar-refractivity contribution in [3.05, 3.63) is 0 Å². The summed E-state index contributed by atoms with van der Waals surface area (Å²) in [5, 5.41) is 28.5. The molecule has 73 heavy (non-hydrogen) atoms. The third kappa shape index (κ3) is 26.5. The predicted molar refractivity (Wildman–Crippen MR) is 278 cm³/mol. The summed E-state index contributed by atoms with van der Waals surface area (Å²) < 4.78 is 6.08. The Morgan fingerprint density at radius 1 is 0.548 bits per heavy atom. The number of primary amides is 1. The Labute approximate surface area is 434 Å². The molecule has 0 spiro atoms. The van der Waals surface area contributed by atoms with Crippen LogP contribution in [0.4, 0.5) is 0 Å². The molecule has 0 radical (unpaired) electrons. The average molecular weight is 1040 g/mol. The molecular weight excluding hydrogens is 941 g/mol. The van der Waals surface area contributed by atoms with E-state index in [4.69, 9.17) is 10.5 Å². The zero-order valence-electron chi connectivity index (χ0n) is 46.1. The van der Waals surface area contributed by atoms with Crippen molar-refractivity contribution in [1.82, 2.24) is 37.2 Å². The van der Waals surface area contributed by atoms with Crippen LogP contribution in [0.3, 0.4) is 0 Å². The molecule has 1 heterocycles. The number of cyclic esters (lactones) is 1. The van der Waals surface area contributed by atoms with E-state index in [1.807, 2.05) is 34.6 Å². The largest absolute Gasteiger partial charge is 0.481 e. The summed E-state index contributed by atoms with van der Waals surface area (Å²) in [5.41, 5.74) is 5.50. The van der Waals surface area contributed by atoms with Gasteiger partial charge in [0, 0.05) is 6.42 Å². The molecule has 1 aliphatic rings. The van der Waals surface area contributed by atoms with Crippen molar-refractivity contribution in [2.75, 3.05) is 0 Å². The van der Waals surface area contributed by atoms with E-state index < -0.39 is 132 Å². The third-order valence-corrected chi connectivity index (χ3v) is 13.2. The summed E-state index contributed by atoms with van der Waals surface area (Å²) in [5.74, 6) is -9.74. The maximum atomic E-state index is 14.3. The van der Waals surface area contributed by atoms with Gasteiger partial charge in [0.2, 0.25) is 47.3 Å². The number of esters is 1. The van der Waals surface area contributed by atoms with Crippen LogP contribution in [-0.4, -0.2) is 113 Å². The van der Waals surface area contributed by atoms with Gasteiger partial charge in [-0.05, 0) is 74.0 Å². The van der Waals surface area contributed by atoms with Gasteiger partial charge in [-0.15, -0.1) is 0 Å². The summed E-state index contributed by atoms with van der Waals surface area (Å²) in [4.78, 5) is 137. The predicted octanol–water partition coefficient (Wildman–Crippen LogP) is 4.44. The quantitative estimate of drug-likeness (QED) is 0.0479. The standard InChI is InChI=1S/C53H94N8O12/c1-13-34(11)21-19-17-15-16-18-20-22-36-28-43(63)55-37(23-24-42(54)62)47(66)56-38(25-30(3)4)48(67)57-39(26-31(5)6)50(69)60-45(33(9)10)52(71)59-41(29-44(64)65)49(68)58-40(27-32(7)8)51(70)61-46(35(12)14-2)53(72)73-36/h30-41,45-46H,13-29H2,1-12H3,(H2,54,62)(H,55,63)(H,56,66)(H,57,67)(H,58,68)(H,59,71)(H,60,69)(H,61,70)(H,64,65)/t34-,35-,36-,37-,38-,39-,40+,41-,45+,46+/m0/s1. The molecule has 0 unspecified atom stereocenters. The Morgan fingerprint density at radius 3 is 1.44 bits per heavy atom. The van der Waals surface area contributed by atoms with Crippen molar-refractivity contribution in [2.24, 2.45) is 41.2 Å². The lowest BCUT2D eigenvalue weighted by Gasteiger charge is -2.30. The van der Waals surface area contributed by atoms with Crippen LogP contribution in [0.1, 0.15) is 192 Å². The van der Waals surface area contributed by atoms with Gasteiger partial charge >= 0.3 is 11.9 Å². The fourth-order valence-electron chi connectivity index (χ4n) is 8.51. The van der Waals surface area contributed by atoms with Gasteiger partial charge in [0.05, 0.1) is 12.8 Å². The number of hydrogen-bond donors (Lipinski definition) is 9. The molecule has 0 bridgehead atoms. The van der Waals surface area contributed by atoms with Crippen LogP contribution in [0.2, 0.25) is 0 Å². The summed E-state index contributed by atoms with van der Waals surface area (Å²) in [6, 6.07) is -9.49. The molecule has 0 aromatic rings. The molecule has 10 atom stereocenters. The number of amides is 8. The molecular formula is C53H94N8O12. The number of carbonyl (C=O) groups excluding carboxylic acids is 9. The van der Waals surface area contributed by atoms with E-state index >= 15 is 0 Å². The fraction of sp³-hybridized carbons (Fsp3) is 0.811. The van der Waals surface area contributed by atoms with Gasteiger partial charge in [-0.2, -0.15) is 0 Å². The highest BCUT2D eigenvalue weighted by Crippen LogP contribution is 2.20. The SMILES string of the molecule is CC[C@H](C)CCCCCCCC[C@H]1CC(=O)N[C@@H](CCC(N)=O)C(=O)N[C@@H](CC(C)C)C(=O)N[C@@H](CC(C)C)C(=O)N[C@H](C(C)C)C(=O)N[C@@H](CC(=O)O)C(=O)N[C@H](CC(C)C)C(=O)N[C@H]([C@@H](C)CC)C(=O)O1. The molecule has 1 fully saturated rings. The lowest BCUT2D eigenvalue weighted by atomic mass is 9.97. The van der Waals surface area contributed by atoms with E-state index in [0.29, 0.717) is 18.8 Å². The number of aliphatic carboxylic acids is 1. The molecule has 418 valence electrons. The highest BCUT2D eigenvalue weighted by Gasteiger charge is 2.38. The second kappa shape index (κ2) is 34.2. The zero-order chi connectivity index (χ0) is 55.5.